The molecule has 28 heavy (non-hydrogen) atoms. The molecular formula is C20H25N3O4S. The maximum Gasteiger partial charge on any atom is 0.261 e. The molecule has 0 fully saturated rings. The zero-order valence-corrected chi connectivity index (χ0v) is 16.7. The van der Waals surface area contributed by atoms with Crippen LogP contribution < -0.4 is 4.72 Å². The zero-order chi connectivity index (χ0) is 20.0. The number of ether oxygens (including phenoxy) is 1. The first-order valence-electron chi connectivity index (χ1n) is 9.40. The van der Waals surface area contributed by atoms with E-state index in [-0.39, 0.29) is 17.4 Å². The van der Waals surface area contributed by atoms with Gasteiger partial charge >= 0.3 is 0 Å². The molecule has 1 aliphatic rings. The van der Waals surface area contributed by atoms with E-state index in [9.17, 15) is 13.2 Å². The number of rotatable bonds is 8. The first-order valence-corrected chi connectivity index (χ1v) is 10.9. The molecule has 2 heterocycles. The molecule has 1 N–H and O–H groups in total. The molecule has 0 saturated heterocycles. The largest absolute Gasteiger partial charge is 0.372 e. The number of hydrogen-bond donors (Lipinski definition) is 1. The third kappa shape index (κ3) is 5.08. The van der Waals surface area contributed by atoms with E-state index in [1.54, 1.807) is 41.4 Å². The van der Waals surface area contributed by atoms with Gasteiger partial charge in [0.05, 0.1) is 16.8 Å². The van der Waals surface area contributed by atoms with E-state index >= 15 is 0 Å². The van der Waals surface area contributed by atoms with Crippen LogP contribution in [0.15, 0.2) is 47.6 Å². The van der Waals surface area contributed by atoms with Crippen molar-refractivity contribution in [2.45, 2.75) is 37.6 Å². The average molecular weight is 404 g/mol. The Morgan fingerprint density at radius 2 is 2.14 bits per heavy atom. The van der Waals surface area contributed by atoms with Crippen LogP contribution in [0.25, 0.3) is 0 Å². The van der Waals surface area contributed by atoms with Crippen molar-refractivity contribution in [2.75, 3.05) is 24.5 Å². The number of sulfonamides is 1. The average Bonchev–Trinajstić information content (AvgIpc) is 2.70. The summed E-state index contributed by atoms with van der Waals surface area (Å²) < 4.78 is 33.2. The van der Waals surface area contributed by atoms with Crippen molar-refractivity contribution in [1.82, 2.24) is 9.88 Å². The lowest BCUT2D eigenvalue weighted by Gasteiger charge is -2.29. The molecular weight excluding hydrogens is 378 g/mol. The summed E-state index contributed by atoms with van der Waals surface area (Å²) in [5.74, 6) is -0.0308. The van der Waals surface area contributed by atoms with Crippen LogP contribution in [0, 0.1) is 0 Å². The van der Waals surface area contributed by atoms with Crippen molar-refractivity contribution in [3.63, 3.8) is 0 Å². The third-order valence-corrected chi connectivity index (χ3v) is 6.01. The predicted molar refractivity (Wildman–Crippen MR) is 106 cm³/mol. The number of fused-ring (bicyclic) bond motifs is 1. The van der Waals surface area contributed by atoms with Gasteiger partial charge in [0, 0.05) is 25.9 Å². The smallest absolute Gasteiger partial charge is 0.261 e. The Morgan fingerprint density at radius 3 is 2.89 bits per heavy atom. The second-order valence-corrected chi connectivity index (χ2v) is 8.43. The quantitative estimate of drug-likeness (QED) is 0.685. The lowest BCUT2D eigenvalue weighted by Crippen LogP contribution is -2.38. The highest BCUT2D eigenvalue weighted by Gasteiger charge is 2.23. The molecule has 150 valence electrons. The molecule has 0 bridgehead atoms. The molecule has 0 aliphatic carbocycles. The number of amides is 1. The van der Waals surface area contributed by atoms with Crippen LogP contribution in [0.4, 0.5) is 5.69 Å². The number of nitrogens with zero attached hydrogens (tertiary/aromatic N) is 2. The number of pyridine rings is 1. The van der Waals surface area contributed by atoms with E-state index in [0.29, 0.717) is 31.8 Å². The molecule has 0 radical (unpaired) electrons. The summed E-state index contributed by atoms with van der Waals surface area (Å²) >= 11 is 0. The zero-order valence-electron chi connectivity index (χ0n) is 15.9. The maximum atomic E-state index is 12.6. The van der Waals surface area contributed by atoms with E-state index in [1.807, 2.05) is 0 Å². The number of carbonyl (C=O) groups is 1. The van der Waals surface area contributed by atoms with Crippen LogP contribution in [-0.2, 0) is 32.5 Å². The number of nitrogens with one attached hydrogen (secondary N) is 1. The standard InChI is InChI=1S/C20H25N3O4S/c1-2-3-11-27-15-20(24)23-10-8-16-12-19(7-6-17(16)14-23)28(25,26)22-18-5-4-9-21-13-18/h4-7,9,12-13,22H,2-3,8,10-11,14-15H2,1H3. The normalized spacial score (nSPS) is 13.8. The Labute approximate surface area is 165 Å². The summed E-state index contributed by atoms with van der Waals surface area (Å²) in [5.41, 5.74) is 2.33. The van der Waals surface area contributed by atoms with Crippen LogP contribution in [0.3, 0.4) is 0 Å². The minimum absolute atomic E-state index is 0.0308. The summed E-state index contributed by atoms with van der Waals surface area (Å²) in [6, 6.07) is 8.36. The van der Waals surface area contributed by atoms with Gasteiger partial charge in [0.15, 0.2) is 0 Å². The van der Waals surface area contributed by atoms with Gasteiger partial charge in [-0.2, -0.15) is 0 Å². The van der Waals surface area contributed by atoms with Crippen molar-refractivity contribution in [2.24, 2.45) is 0 Å². The van der Waals surface area contributed by atoms with Crippen LogP contribution in [-0.4, -0.2) is 44.0 Å². The summed E-state index contributed by atoms with van der Waals surface area (Å²) in [6.07, 6.45) is 5.64. The molecule has 7 nitrogen and oxygen atoms in total. The Bertz CT molecular complexity index is 916. The number of unbranched alkanes of at least 4 members (excludes halogenated alkanes) is 1. The Kier molecular flexibility index (Phi) is 6.64. The van der Waals surface area contributed by atoms with Crippen LogP contribution in [0.1, 0.15) is 30.9 Å². The van der Waals surface area contributed by atoms with Crippen molar-refractivity contribution in [1.29, 1.82) is 0 Å². The molecule has 1 aromatic heterocycles. The van der Waals surface area contributed by atoms with Gasteiger partial charge in [0.2, 0.25) is 5.91 Å². The highest BCUT2D eigenvalue weighted by Crippen LogP contribution is 2.24. The van der Waals surface area contributed by atoms with Gasteiger partial charge in [0.25, 0.3) is 10.0 Å². The van der Waals surface area contributed by atoms with E-state index in [2.05, 4.69) is 16.6 Å². The molecule has 2 aromatic rings. The van der Waals surface area contributed by atoms with Crippen molar-refractivity contribution in [3.8, 4) is 0 Å². The lowest BCUT2D eigenvalue weighted by atomic mass is 10.00. The molecule has 0 spiro atoms. The van der Waals surface area contributed by atoms with Gasteiger partial charge in [-0.15, -0.1) is 0 Å². The third-order valence-electron chi connectivity index (χ3n) is 4.63. The summed E-state index contributed by atoms with van der Waals surface area (Å²) in [6.45, 7) is 3.80. The van der Waals surface area contributed by atoms with Crippen LogP contribution >= 0.6 is 0 Å². The van der Waals surface area contributed by atoms with E-state index in [0.717, 1.165) is 24.0 Å². The fourth-order valence-electron chi connectivity index (χ4n) is 3.04. The SMILES string of the molecule is CCCCOCC(=O)N1CCc2cc(S(=O)(=O)Nc3cccnc3)ccc2C1. The molecule has 1 aromatic carbocycles. The highest BCUT2D eigenvalue weighted by atomic mass is 32.2. The molecule has 1 aliphatic heterocycles. The van der Waals surface area contributed by atoms with Gasteiger partial charge in [-0.05, 0) is 48.2 Å². The minimum Gasteiger partial charge on any atom is -0.372 e. The monoisotopic (exact) mass is 403 g/mol. The van der Waals surface area contributed by atoms with Gasteiger partial charge in [-0.3, -0.25) is 14.5 Å². The predicted octanol–water partition coefficient (Wildman–Crippen LogP) is 2.58. The number of anilines is 1. The fraction of sp³-hybridized carbons (Fsp3) is 0.400. The molecule has 0 saturated carbocycles. The molecule has 8 heteroatoms. The first kappa shape index (κ1) is 20.3. The fourth-order valence-corrected chi connectivity index (χ4v) is 4.14. The molecule has 0 unspecified atom stereocenters. The second kappa shape index (κ2) is 9.16. The van der Waals surface area contributed by atoms with Crippen LogP contribution in [0.2, 0.25) is 0 Å². The topological polar surface area (TPSA) is 88.6 Å². The molecule has 0 atom stereocenters. The number of aromatic nitrogens is 1. The second-order valence-electron chi connectivity index (χ2n) is 6.75. The van der Waals surface area contributed by atoms with Crippen molar-refractivity contribution >= 4 is 21.6 Å². The van der Waals surface area contributed by atoms with Gasteiger partial charge in [0.1, 0.15) is 6.61 Å². The van der Waals surface area contributed by atoms with Crippen molar-refractivity contribution < 1.29 is 17.9 Å². The molecule has 3 rings (SSSR count). The Balaban J connectivity index is 1.66. The number of hydrogen-bond acceptors (Lipinski definition) is 5. The van der Waals surface area contributed by atoms with Gasteiger partial charge < -0.3 is 9.64 Å². The van der Waals surface area contributed by atoms with Gasteiger partial charge in [-0.1, -0.05) is 19.4 Å². The highest BCUT2D eigenvalue weighted by molar-refractivity contribution is 7.92. The minimum atomic E-state index is -3.68. The summed E-state index contributed by atoms with van der Waals surface area (Å²) in [5, 5.41) is 0. The number of benzene rings is 1. The Hall–Kier alpha value is -2.45. The molecule has 1 amide bonds. The van der Waals surface area contributed by atoms with Crippen molar-refractivity contribution in [3.05, 3.63) is 53.9 Å². The van der Waals surface area contributed by atoms with E-state index < -0.39 is 10.0 Å². The Morgan fingerprint density at radius 1 is 1.29 bits per heavy atom. The van der Waals surface area contributed by atoms with E-state index in [4.69, 9.17) is 4.74 Å². The first-order chi connectivity index (χ1) is 13.5. The number of carbonyl (C=O) groups excluding carboxylic acids is 1. The van der Waals surface area contributed by atoms with Crippen LogP contribution in [0.5, 0.6) is 0 Å². The summed E-state index contributed by atoms with van der Waals surface area (Å²) in [4.78, 5) is 18.2. The van der Waals surface area contributed by atoms with Gasteiger partial charge in [-0.25, -0.2) is 8.42 Å². The lowest BCUT2D eigenvalue weighted by molar-refractivity contribution is -0.137. The van der Waals surface area contributed by atoms with E-state index in [1.165, 1.54) is 6.20 Å². The summed E-state index contributed by atoms with van der Waals surface area (Å²) in [7, 11) is -3.68. The maximum absolute atomic E-state index is 12.6.